The van der Waals surface area contributed by atoms with Crippen LogP contribution in [-0.4, -0.2) is 28.4 Å². The Morgan fingerprint density at radius 3 is 2.00 bits per heavy atom. The number of carbonyl (C=O) groups excluding carboxylic acids is 1. The number of hydrogen-bond donors (Lipinski definition) is 2. The van der Waals surface area contributed by atoms with Gasteiger partial charge in [-0.2, -0.15) is 0 Å². The first-order valence-electron chi connectivity index (χ1n) is 4.73. The number of amides is 1. The Labute approximate surface area is 121 Å². The third-order valence-electron chi connectivity index (χ3n) is 2.40. The van der Waals surface area contributed by atoms with Crippen molar-refractivity contribution < 1.29 is 54.1 Å². The summed E-state index contributed by atoms with van der Waals surface area (Å²) in [6, 6.07) is -0.239. The standard InChI is InChI=1S/C9H18N2O2.Ac/c1-5(2)7-9(12)11(13)8(10-7)6(3)4;/h5-8,10,13H,1-4H3;/t7-,8+;/m0./s1. The molecule has 0 aromatic rings. The number of hydrogen-bond acceptors (Lipinski definition) is 3. The van der Waals surface area contributed by atoms with Gasteiger partial charge in [-0.15, -0.1) is 0 Å². The molecular formula is C9H18AcN2O2. The predicted molar refractivity (Wildman–Crippen MR) is 49.0 cm³/mol. The molecule has 1 rings (SSSR count). The van der Waals surface area contributed by atoms with E-state index in [0.29, 0.717) is 0 Å². The molecule has 1 amide bonds. The number of nitrogens with one attached hydrogen (secondary N) is 1. The van der Waals surface area contributed by atoms with Gasteiger partial charge in [0.2, 0.25) is 0 Å². The van der Waals surface area contributed by atoms with Crippen LogP contribution in [0.15, 0.2) is 0 Å². The topological polar surface area (TPSA) is 52.6 Å². The van der Waals surface area contributed by atoms with E-state index in [0.717, 1.165) is 5.06 Å². The van der Waals surface area contributed by atoms with Crippen LogP contribution < -0.4 is 5.32 Å². The maximum atomic E-state index is 11.5. The molecule has 0 saturated carbocycles. The van der Waals surface area contributed by atoms with Gasteiger partial charge >= 0.3 is 0 Å². The summed E-state index contributed by atoms with van der Waals surface area (Å²) in [5.74, 6) is 0.220. The Morgan fingerprint density at radius 2 is 1.79 bits per heavy atom. The molecule has 0 aliphatic carbocycles. The fourth-order valence-corrected chi connectivity index (χ4v) is 1.56. The smallest absolute Gasteiger partial charge is 0.264 e. The van der Waals surface area contributed by atoms with Crippen LogP contribution in [0.3, 0.4) is 0 Å². The summed E-state index contributed by atoms with van der Waals surface area (Å²) in [7, 11) is 0. The molecule has 0 spiro atoms. The maximum absolute atomic E-state index is 11.5. The van der Waals surface area contributed by atoms with Gasteiger partial charge in [0.15, 0.2) is 0 Å². The minimum absolute atomic E-state index is 0. The van der Waals surface area contributed by atoms with Crippen LogP contribution in [0, 0.1) is 55.9 Å². The van der Waals surface area contributed by atoms with Crippen LogP contribution >= 0.6 is 0 Å². The molecule has 0 aromatic heterocycles. The maximum Gasteiger partial charge on any atom is 0.264 e. The van der Waals surface area contributed by atoms with Crippen molar-refractivity contribution in [1.82, 2.24) is 10.4 Å². The Morgan fingerprint density at radius 1 is 1.29 bits per heavy atom. The summed E-state index contributed by atoms with van der Waals surface area (Å²) in [4.78, 5) is 11.5. The Balaban J connectivity index is 0.00000169. The first-order valence-corrected chi connectivity index (χ1v) is 4.73. The van der Waals surface area contributed by atoms with Crippen molar-refractivity contribution in [3.05, 3.63) is 0 Å². The van der Waals surface area contributed by atoms with E-state index in [2.05, 4.69) is 5.32 Å². The van der Waals surface area contributed by atoms with Gasteiger partial charge in [0.25, 0.3) is 5.91 Å². The van der Waals surface area contributed by atoms with Gasteiger partial charge in [0.05, 0.1) is 6.04 Å². The number of rotatable bonds is 2. The molecule has 1 aliphatic rings. The summed E-state index contributed by atoms with van der Waals surface area (Å²) in [6.07, 6.45) is -0.236. The summed E-state index contributed by atoms with van der Waals surface area (Å²) in [5.41, 5.74) is 0. The average molecular weight is 413 g/mol. The normalized spacial score (nSPS) is 27.4. The second-order valence-electron chi connectivity index (χ2n) is 4.26. The van der Waals surface area contributed by atoms with Crippen molar-refractivity contribution in [3.8, 4) is 0 Å². The molecule has 1 fully saturated rings. The van der Waals surface area contributed by atoms with E-state index in [9.17, 15) is 10.0 Å². The van der Waals surface area contributed by atoms with E-state index < -0.39 is 0 Å². The van der Waals surface area contributed by atoms with Crippen molar-refractivity contribution in [2.24, 2.45) is 11.8 Å². The molecule has 0 aromatic carbocycles. The van der Waals surface area contributed by atoms with E-state index in [1.165, 1.54) is 0 Å². The second-order valence-corrected chi connectivity index (χ2v) is 4.26. The van der Waals surface area contributed by atoms with Gasteiger partial charge in [-0.05, 0) is 11.8 Å². The zero-order chi connectivity index (χ0) is 10.2. The van der Waals surface area contributed by atoms with Crippen molar-refractivity contribution >= 4 is 5.91 Å². The van der Waals surface area contributed by atoms with Crippen LogP contribution in [0.2, 0.25) is 0 Å². The molecular weight excluding hydrogens is 395 g/mol. The largest absolute Gasteiger partial charge is 0.284 e. The zero-order valence-electron chi connectivity index (χ0n) is 9.19. The summed E-state index contributed by atoms with van der Waals surface area (Å²) in [5, 5.41) is 13.4. The van der Waals surface area contributed by atoms with Gasteiger partial charge in [-0.3, -0.25) is 15.3 Å². The molecule has 4 nitrogen and oxygen atoms in total. The van der Waals surface area contributed by atoms with E-state index in [1.807, 2.05) is 27.7 Å². The number of carbonyl (C=O) groups is 1. The SMILES string of the molecule is CC(C)[C@@H]1N[C@@H](C(C)C)N(O)C1=O.[Ac]. The fraction of sp³-hybridized carbons (Fsp3) is 0.889. The third kappa shape index (κ3) is 2.91. The molecule has 2 N–H and O–H groups in total. The van der Waals surface area contributed by atoms with Gasteiger partial charge in [0, 0.05) is 44.1 Å². The molecule has 2 atom stereocenters. The summed E-state index contributed by atoms with van der Waals surface area (Å²) < 4.78 is 0. The molecule has 0 unspecified atom stereocenters. The van der Waals surface area contributed by atoms with Crippen molar-refractivity contribution in [1.29, 1.82) is 0 Å². The van der Waals surface area contributed by atoms with Crippen LogP contribution in [0.25, 0.3) is 0 Å². The van der Waals surface area contributed by atoms with E-state index in [4.69, 9.17) is 0 Å². The molecule has 1 heterocycles. The third-order valence-corrected chi connectivity index (χ3v) is 2.40. The minimum atomic E-state index is -0.239. The van der Waals surface area contributed by atoms with E-state index >= 15 is 0 Å². The Kier molecular flexibility index (Phi) is 6.13. The van der Waals surface area contributed by atoms with Crippen LogP contribution in [0.1, 0.15) is 27.7 Å². The zero-order valence-corrected chi connectivity index (χ0v) is 13.9. The molecule has 1 radical (unpaired) electrons. The quantitative estimate of drug-likeness (QED) is 0.660. The van der Waals surface area contributed by atoms with Crippen LogP contribution in [0.4, 0.5) is 0 Å². The summed E-state index contributed by atoms with van der Waals surface area (Å²) in [6.45, 7) is 7.87. The van der Waals surface area contributed by atoms with Crippen molar-refractivity contribution in [2.45, 2.75) is 39.9 Å². The molecule has 0 bridgehead atoms. The van der Waals surface area contributed by atoms with E-state index in [1.54, 1.807) is 0 Å². The number of hydroxylamine groups is 2. The van der Waals surface area contributed by atoms with Gasteiger partial charge in [0.1, 0.15) is 6.17 Å². The van der Waals surface area contributed by atoms with Gasteiger partial charge in [-0.1, -0.05) is 27.7 Å². The van der Waals surface area contributed by atoms with E-state index in [-0.39, 0.29) is 74.0 Å². The van der Waals surface area contributed by atoms with Crippen LogP contribution in [-0.2, 0) is 4.79 Å². The molecule has 5 heteroatoms. The fourth-order valence-electron chi connectivity index (χ4n) is 1.56. The predicted octanol–water partition coefficient (Wildman–Crippen LogP) is 0.814. The molecule has 1 saturated heterocycles. The van der Waals surface area contributed by atoms with Crippen molar-refractivity contribution in [2.75, 3.05) is 0 Å². The Hall–Kier alpha value is 0.832. The number of nitrogens with zero attached hydrogens (tertiary/aromatic N) is 1. The van der Waals surface area contributed by atoms with Gasteiger partial charge < -0.3 is 0 Å². The Bertz CT molecular complexity index is 209. The molecule has 14 heavy (non-hydrogen) atoms. The van der Waals surface area contributed by atoms with Crippen molar-refractivity contribution in [3.63, 3.8) is 0 Å². The average Bonchev–Trinajstić information content (AvgIpc) is 2.29. The summed E-state index contributed by atoms with van der Waals surface area (Å²) >= 11 is 0. The second kappa shape index (κ2) is 5.79. The molecule has 79 valence electrons. The molecule has 1 aliphatic heterocycles. The first kappa shape index (κ1) is 14.8. The van der Waals surface area contributed by atoms with Crippen LogP contribution in [0.5, 0.6) is 0 Å². The first-order chi connectivity index (χ1) is 5.95. The van der Waals surface area contributed by atoms with Gasteiger partial charge in [-0.25, -0.2) is 5.06 Å². The monoisotopic (exact) mass is 413 g/mol. The minimum Gasteiger partial charge on any atom is -0.284 e.